The lowest BCUT2D eigenvalue weighted by Crippen LogP contribution is -2.23. The summed E-state index contributed by atoms with van der Waals surface area (Å²) in [5.74, 6) is -1.62. The number of carbonyl (C=O) groups is 3. The molecule has 2 rings (SSSR count). The minimum atomic E-state index is -0.553. The molecular weight excluding hydrogens is 390 g/mol. The largest absolute Gasteiger partial charge is 0.462 e. The lowest BCUT2D eigenvalue weighted by Gasteiger charge is -2.10. The molecule has 8 heteroatoms. The number of ether oxygens (including phenoxy) is 2. The van der Waals surface area contributed by atoms with Crippen LogP contribution in [0, 0.1) is 0 Å². The Labute approximate surface area is 166 Å². The van der Waals surface area contributed by atoms with Crippen LogP contribution >= 0.6 is 23.4 Å². The minimum Gasteiger partial charge on any atom is -0.462 e. The van der Waals surface area contributed by atoms with Gasteiger partial charge in [0.15, 0.2) is 6.61 Å². The van der Waals surface area contributed by atoms with E-state index in [2.05, 4.69) is 5.32 Å². The number of rotatable bonds is 8. The maximum absolute atomic E-state index is 12.0. The van der Waals surface area contributed by atoms with Crippen LogP contribution in [0.2, 0.25) is 5.02 Å². The first-order chi connectivity index (χ1) is 13.0. The molecule has 0 aliphatic heterocycles. The average molecular weight is 408 g/mol. The first-order valence-corrected chi connectivity index (χ1v) is 9.46. The summed E-state index contributed by atoms with van der Waals surface area (Å²) in [6.07, 6.45) is 0. The summed E-state index contributed by atoms with van der Waals surface area (Å²) in [6, 6.07) is 13.6. The van der Waals surface area contributed by atoms with Gasteiger partial charge >= 0.3 is 11.9 Å². The van der Waals surface area contributed by atoms with Crippen molar-refractivity contribution in [3.05, 3.63) is 59.1 Å². The second-order valence-electron chi connectivity index (χ2n) is 5.19. The molecule has 2 aromatic rings. The fourth-order valence-corrected chi connectivity index (χ4v) is 3.09. The third kappa shape index (κ3) is 6.62. The topological polar surface area (TPSA) is 81.7 Å². The quantitative estimate of drug-likeness (QED) is 0.529. The molecule has 0 aliphatic rings. The van der Waals surface area contributed by atoms with Gasteiger partial charge in [0.05, 0.1) is 28.6 Å². The van der Waals surface area contributed by atoms with Crippen LogP contribution in [0.3, 0.4) is 0 Å². The number of carbonyl (C=O) groups excluding carboxylic acids is 3. The molecule has 27 heavy (non-hydrogen) atoms. The van der Waals surface area contributed by atoms with E-state index in [4.69, 9.17) is 21.1 Å². The molecule has 6 nitrogen and oxygen atoms in total. The predicted octanol–water partition coefficient (Wildman–Crippen LogP) is 3.79. The monoisotopic (exact) mass is 407 g/mol. The standard InChI is InChI=1S/C19H18ClNO5S/c1-2-25-19(24)13-7-3-5-9-15(13)21-17(22)11-26-18(23)12-27-16-10-6-4-8-14(16)20/h3-10H,2,11-12H2,1H3,(H,21,22). The Kier molecular flexibility index (Phi) is 8.16. The second kappa shape index (κ2) is 10.6. The van der Waals surface area contributed by atoms with Crippen molar-refractivity contribution >= 4 is 46.9 Å². The lowest BCUT2D eigenvalue weighted by atomic mass is 10.2. The second-order valence-corrected chi connectivity index (χ2v) is 6.62. The highest BCUT2D eigenvalue weighted by Gasteiger charge is 2.15. The zero-order valence-electron chi connectivity index (χ0n) is 14.6. The van der Waals surface area contributed by atoms with Gasteiger partial charge in [0.2, 0.25) is 0 Å². The summed E-state index contributed by atoms with van der Waals surface area (Å²) in [5, 5.41) is 3.09. The summed E-state index contributed by atoms with van der Waals surface area (Å²) in [4.78, 5) is 36.5. The van der Waals surface area contributed by atoms with Crippen molar-refractivity contribution in [3.63, 3.8) is 0 Å². The Balaban J connectivity index is 1.83. The Morgan fingerprint density at radius 2 is 1.74 bits per heavy atom. The van der Waals surface area contributed by atoms with Crippen molar-refractivity contribution < 1.29 is 23.9 Å². The smallest absolute Gasteiger partial charge is 0.340 e. The Morgan fingerprint density at radius 3 is 2.48 bits per heavy atom. The summed E-state index contributed by atoms with van der Waals surface area (Å²) in [7, 11) is 0. The van der Waals surface area contributed by atoms with Crippen LogP contribution in [-0.4, -0.2) is 36.8 Å². The highest BCUT2D eigenvalue weighted by atomic mass is 35.5. The van der Waals surface area contributed by atoms with E-state index in [1.54, 1.807) is 49.4 Å². The highest BCUT2D eigenvalue weighted by molar-refractivity contribution is 8.00. The molecule has 142 valence electrons. The molecule has 0 saturated carbocycles. The number of halogens is 1. The lowest BCUT2D eigenvalue weighted by molar-refractivity contribution is -0.144. The van der Waals surface area contributed by atoms with Gasteiger partial charge in [0, 0.05) is 4.90 Å². The summed E-state index contributed by atoms with van der Waals surface area (Å²) in [6.45, 7) is 1.46. The van der Waals surface area contributed by atoms with E-state index >= 15 is 0 Å². The Hall–Kier alpha value is -2.51. The van der Waals surface area contributed by atoms with Gasteiger partial charge in [-0.2, -0.15) is 0 Å². The first-order valence-electron chi connectivity index (χ1n) is 8.10. The first kappa shape index (κ1) is 20.8. The molecule has 0 aliphatic carbocycles. The van der Waals surface area contributed by atoms with E-state index in [1.807, 2.05) is 6.07 Å². The van der Waals surface area contributed by atoms with Gasteiger partial charge in [-0.3, -0.25) is 9.59 Å². The molecule has 0 fully saturated rings. The average Bonchev–Trinajstić information content (AvgIpc) is 2.66. The molecule has 0 heterocycles. The molecule has 0 aromatic heterocycles. The third-order valence-corrected chi connectivity index (χ3v) is 4.73. The fourth-order valence-electron chi connectivity index (χ4n) is 2.05. The molecule has 0 bridgehead atoms. The van der Waals surface area contributed by atoms with Gasteiger partial charge in [-0.15, -0.1) is 11.8 Å². The van der Waals surface area contributed by atoms with Crippen LogP contribution < -0.4 is 5.32 Å². The normalized spacial score (nSPS) is 10.1. The van der Waals surface area contributed by atoms with Crippen molar-refractivity contribution in [2.75, 3.05) is 24.3 Å². The van der Waals surface area contributed by atoms with Gasteiger partial charge in [-0.1, -0.05) is 35.9 Å². The van der Waals surface area contributed by atoms with Crippen molar-refractivity contribution in [1.82, 2.24) is 0 Å². The number of hydrogen-bond donors (Lipinski definition) is 1. The van der Waals surface area contributed by atoms with Crippen LogP contribution in [-0.2, 0) is 19.1 Å². The van der Waals surface area contributed by atoms with Crippen LogP contribution in [0.1, 0.15) is 17.3 Å². The van der Waals surface area contributed by atoms with E-state index in [9.17, 15) is 14.4 Å². The maximum Gasteiger partial charge on any atom is 0.340 e. The number of para-hydroxylation sites is 1. The van der Waals surface area contributed by atoms with Crippen molar-refractivity contribution in [2.45, 2.75) is 11.8 Å². The number of hydrogen-bond acceptors (Lipinski definition) is 6. The number of benzene rings is 2. The highest BCUT2D eigenvalue weighted by Crippen LogP contribution is 2.26. The molecular formula is C19H18ClNO5S. The van der Waals surface area contributed by atoms with Crippen LogP contribution in [0.15, 0.2) is 53.4 Å². The fraction of sp³-hybridized carbons (Fsp3) is 0.211. The van der Waals surface area contributed by atoms with Crippen LogP contribution in [0.4, 0.5) is 5.69 Å². The molecule has 2 aromatic carbocycles. The number of nitrogens with one attached hydrogen (secondary N) is 1. The summed E-state index contributed by atoms with van der Waals surface area (Å²) >= 11 is 7.24. The number of amides is 1. The third-order valence-electron chi connectivity index (χ3n) is 3.24. The summed E-state index contributed by atoms with van der Waals surface area (Å²) in [5.41, 5.74) is 0.524. The SMILES string of the molecule is CCOC(=O)c1ccccc1NC(=O)COC(=O)CSc1ccccc1Cl. The van der Waals surface area contributed by atoms with Crippen molar-refractivity contribution in [2.24, 2.45) is 0 Å². The zero-order valence-corrected chi connectivity index (χ0v) is 16.1. The maximum atomic E-state index is 12.0. The molecule has 0 saturated heterocycles. The zero-order chi connectivity index (χ0) is 19.6. The molecule has 1 amide bonds. The van der Waals surface area contributed by atoms with E-state index in [0.717, 1.165) is 4.90 Å². The Bertz CT molecular complexity index is 827. The van der Waals surface area contributed by atoms with Gasteiger partial charge < -0.3 is 14.8 Å². The molecule has 0 atom stereocenters. The van der Waals surface area contributed by atoms with Gasteiger partial charge in [-0.05, 0) is 31.2 Å². The van der Waals surface area contributed by atoms with Crippen LogP contribution in [0.25, 0.3) is 0 Å². The Morgan fingerprint density at radius 1 is 1.04 bits per heavy atom. The summed E-state index contributed by atoms with van der Waals surface area (Å²) < 4.78 is 9.90. The van der Waals surface area contributed by atoms with Gasteiger partial charge in [0.1, 0.15) is 0 Å². The van der Waals surface area contributed by atoms with E-state index in [1.165, 1.54) is 11.8 Å². The molecule has 1 N–H and O–H groups in total. The molecule has 0 unspecified atom stereocenters. The van der Waals surface area contributed by atoms with Crippen molar-refractivity contribution in [3.8, 4) is 0 Å². The molecule has 0 spiro atoms. The van der Waals surface area contributed by atoms with E-state index in [-0.39, 0.29) is 17.9 Å². The number of thioether (sulfide) groups is 1. The van der Waals surface area contributed by atoms with Gasteiger partial charge in [0.25, 0.3) is 5.91 Å². The molecule has 0 radical (unpaired) electrons. The predicted molar refractivity (Wildman–Crippen MR) is 104 cm³/mol. The van der Waals surface area contributed by atoms with Gasteiger partial charge in [-0.25, -0.2) is 4.79 Å². The van der Waals surface area contributed by atoms with E-state index in [0.29, 0.717) is 10.7 Å². The number of esters is 2. The van der Waals surface area contributed by atoms with Crippen LogP contribution in [0.5, 0.6) is 0 Å². The minimum absolute atomic E-state index is 0.0242. The van der Waals surface area contributed by atoms with E-state index < -0.39 is 24.5 Å². The number of anilines is 1. The van der Waals surface area contributed by atoms with Crippen molar-refractivity contribution in [1.29, 1.82) is 0 Å².